The van der Waals surface area contributed by atoms with Crippen molar-refractivity contribution in [1.82, 2.24) is 5.32 Å². The lowest BCUT2D eigenvalue weighted by atomic mass is 9.91. The molecule has 0 saturated carbocycles. The third-order valence-electron chi connectivity index (χ3n) is 3.36. The van der Waals surface area contributed by atoms with Gasteiger partial charge in [-0.2, -0.15) is 0 Å². The van der Waals surface area contributed by atoms with Crippen LogP contribution in [0.2, 0.25) is 0 Å². The van der Waals surface area contributed by atoms with Crippen molar-refractivity contribution >= 4 is 34.9 Å². The Morgan fingerprint density at radius 1 is 0.885 bits per heavy atom. The van der Waals surface area contributed by atoms with Crippen LogP contribution in [0.3, 0.4) is 0 Å². The molecule has 0 heterocycles. The number of amides is 1. The molecule has 0 spiro atoms. The molecule has 2 aromatic rings. The largest absolute Gasteiger partial charge is 0.478 e. The second-order valence-electron chi connectivity index (χ2n) is 5.41. The first-order valence-electron chi connectivity index (χ1n) is 8.13. The number of nitrogens with one attached hydrogen (secondary N) is 1. The fraction of sp³-hybridized carbons (Fsp3) is 0.263. The van der Waals surface area contributed by atoms with Gasteiger partial charge < -0.3 is 15.5 Å². The van der Waals surface area contributed by atoms with Crippen LogP contribution >= 0.6 is 0 Å². The predicted octanol–water partition coefficient (Wildman–Crippen LogP) is 3.21. The Morgan fingerprint density at radius 3 is 1.81 bits per heavy atom. The van der Waals surface area contributed by atoms with E-state index < -0.39 is 17.8 Å². The maximum absolute atomic E-state index is 12.2. The van der Waals surface area contributed by atoms with Gasteiger partial charge in [-0.15, -0.1) is 0 Å². The van der Waals surface area contributed by atoms with Crippen LogP contribution in [0.4, 0.5) is 0 Å². The Kier molecular flexibility index (Phi) is 7.46. The number of carboxylic acid groups (broad SMARTS) is 2. The monoisotopic (exact) mass is 359 g/mol. The molecule has 0 aliphatic carbocycles. The number of hydrogen-bond acceptors (Lipinski definition) is 4. The van der Waals surface area contributed by atoms with Crippen LogP contribution in [0.25, 0.3) is 10.8 Å². The smallest absolute Gasteiger partial charge is 0.336 e. The molecule has 138 valence electrons. The molecule has 0 saturated heterocycles. The summed E-state index contributed by atoms with van der Waals surface area (Å²) in [6.07, 6.45) is 1.68. The maximum Gasteiger partial charge on any atom is 0.336 e. The van der Waals surface area contributed by atoms with Crippen LogP contribution in [-0.4, -0.2) is 40.9 Å². The van der Waals surface area contributed by atoms with Gasteiger partial charge in [-0.1, -0.05) is 26.3 Å². The van der Waals surface area contributed by atoms with Gasteiger partial charge in [-0.3, -0.25) is 9.59 Å². The van der Waals surface area contributed by atoms with Crippen molar-refractivity contribution in [2.45, 2.75) is 27.2 Å². The fourth-order valence-electron chi connectivity index (χ4n) is 2.42. The molecule has 3 N–H and O–H groups in total. The summed E-state index contributed by atoms with van der Waals surface area (Å²) >= 11 is 0. The van der Waals surface area contributed by atoms with E-state index in [0.717, 1.165) is 0 Å². The molecule has 2 rings (SSSR count). The maximum atomic E-state index is 12.2. The van der Waals surface area contributed by atoms with Gasteiger partial charge in [0, 0.05) is 28.4 Å². The highest BCUT2D eigenvalue weighted by molar-refractivity contribution is 6.21. The first-order chi connectivity index (χ1) is 12.3. The average Bonchev–Trinajstić information content (AvgIpc) is 2.60. The number of fused-ring (bicyclic) bond motifs is 1. The number of carbonyl (C=O) groups excluding carboxylic acids is 2. The van der Waals surface area contributed by atoms with E-state index in [1.54, 1.807) is 6.92 Å². The van der Waals surface area contributed by atoms with E-state index in [1.807, 2.05) is 0 Å². The zero-order valence-electron chi connectivity index (χ0n) is 14.8. The molecule has 2 aromatic carbocycles. The Labute approximate surface area is 150 Å². The number of carbonyl (C=O) groups is 4. The van der Waals surface area contributed by atoms with Crippen molar-refractivity contribution in [2.75, 3.05) is 6.54 Å². The number of carboxylic acids is 2. The topological polar surface area (TPSA) is 121 Å². The molecule has 0 bridgehead atoms. The number of aldehydes is 1. The summed E-state index contributed by atoms with van der Waals surface area (Å²) in [5, 5.41) is 21.1. The minimum absolute atomic E-state index is 0.00736. The van der Waals surface area contributed by atoms with Gasteiger partial charge in [0.15, 0.2) is 6.29 Å². The highest BCUT2D eigenvalue weighted by Crippen LogP contribution is 2.29. The molecule has 1 amide bonds. The molecular weight excluding hydrogens is 338 g/mol. The minimum Gasteiger partial charge on any atom is -0.478 e. The van der Waals surface area contributed by atoms with Crippen LogP contribution in [0.1, 0.15) is 68.6 Å². The molecular formula is C19H21NO6. The van der Waals surface area contributed by atoms with E-state index >= 15 is 0 Å². The Bertz CT molecular complexity index is 857. The van der Waals surface area contributed by atoms with Crippen molar-refractivity contribution in [1.29, 1.82) is 0 Å². The van der Waals surface area contributed by atoms with E-state index in [4.69, 9.17) is 0 Å². The Hall–Kier alpha value is -3.22. The Morgan fingerprint density at radius 2 is 1.35 bits per heavy atom. The molecule has 0 radical (unpaired) electrons. The Balaban J connectivity index is 0.00000105. The van der Waals surface area contributed by atoms with E-state index in [-0.39, 0.29) is 33.0 Å². The third-order valence-corrected chi connectivity index (χ3v) is 3.36. The van der Waals surface area contributed by atoms with E-state index in [9.17, 15) is 29.4 Å². The van der Waals surface area contributed by atoms with Crippen molar-refractivity contribution in [3.8, 4) is 0 Å². The summed E-state index contributed by atoms with van der Waals surface area (Å²) in [6, 6.07) is 4.85. The van der Waals surface area contributed by atoms with Gasteiger partial charge in [0.05, 0.1) is 11.1 Å². The van der Waals surface area contributed by atoms with Crippen molar-refractivity contribution < 1.29 is 29.4 Å². The van der Waals surface area contributed by atoms with Gasteiger partial charge in [0.1, 0.15) is 0 Å². The standard InChI is InChI=1S/C16H13NO6.C3H8/c1-2-17-14(19)9-5-6-10(15(20)21)12-8(7-18)3-4-11(13(9)12)16(22)23;1-3-2/h3-7H,2H2,1H3,(H,17,19)(H,20,21)(H,22,23);3H2,1-2H3. The molecule has 0 aliphatic heterocycles. The summed E-state index contributed by atoms with van der Waals surface area (Å²) in [7, 11) is 0. The van der Waals surface area contributed by atoms with E-state index in [2.05, 4.69) is 19.2 Å². The van der Waals surface area contributed by atoms with Crippen molar-refractivity contribution in [3.63, 3.8) is 0 Å². The SMILES string of the molecule is CCC.CCNC(=O)c1ccc(C(=O)O)c2c(C=O)ccc(C(=O)O)c12. The number of hydrogen-bond donors (Lipinski definition) is 3. The predicted molar refractivity (Wildman–Crippen MR) is 97.2 cm³/mol. The number of rotatable bonds is 5. The molecule has 7 heteroatoms. The minimum atomic E-state index is -1.32. The zero-order valence-corrected chi connectivity index (χ0v) is 14.8. The summed E-state index contributed by atoms with van der Waals surface area (Å²) in [5.74, 6) is -3.18. The highest BCUT2D eigenvalue weighted by Gasteiger charge is 2.22. The molecule has 0 aliphatic rings. The molecule has 0 fully saturated rings. The van der Waals surface area contributed by atoms with Crippen molar-refractivity contribution in [2.24, 2.45) is 0 Å². The second-order valence-corrected chi connectivity index (χ2v) is 5.41. The third kappa shape index (κ3) is 4.24. The lowest BCUT2D eigenvalue weighted by Crippen LogP contribution is -2.23. The molecule has 0 atom stereocenters. The van der Waals surface area contributed by atoms with E-state index in [0.29, 0.717) is 12.8 Å². The van der Waals surface area contributed by atoms with Crippen LogP contribution < -0.4 is 5.32 Å². The van der Waals surface area contributed by atoms with Gasteiger partial charge in [0.2, 0.25) is 0 Å². The molecule has 0 aromatic heterocycles. The summed E-state index contributed by atoms with van der Waals surface area (Å²) in [6.45, 7) is 6.26. The highest BCUT2D eigenvalue weighted by atomic mass is 16.4. The van der Waals surface area contributed by atoms with Crippen LogP contribution in [0, 0.1) is 0 Å². The first kappa shape index (κ1) is 20.8. The van der Waals surface area contributed by atoms with Gasteiger partial charge in [-0.25, -0.2) is 9.59 Å². The van der Waals surface area contributed by atoms with Gasteiger partial charge >= 0.3 is 11.9 Å². The van der Waals surface area contributed by atoms with Crippen molar-refractivity contribution in [3.05, 3.63) is 46.5 Å². The fourth-order valence-corrected chi connectivity index (χ4v) is 2.42. The zero-order chi connectivity index (χ0) is 19.9. The van der Waals surface area contributed by atoms with Crippen LogP contribution in [0.5, 0.6) is 0 Å². The quantitative estimate of drug-likeness (QED) is 0.705. The van der Waals surface area contributed by atoms with Gasteiger partial charge in [0.25, 0.3) is 5.91 Å². The summed E-state index contributed by atoms with van der Waals surface area (Å²) in [5.41, 5.74) is -0.463. The average molecular weight is 359 g/mol. The van der Waals surface area contributed by atoms with Crippen LogP contribution in [-0.2, 0) is 0 Å². The number of benzene rings is 2. The molecule has 26 heavy (non-hydrogen) atoms. The normalized spacial score (nSPS) is 9.81. The van der Waals surface area contributed by atoms with Gasteiger partial charge in [-0.05, 0) is 25.1 Å². The summed E-state index contributed by atoms with van der Waals surface area (Å²) in [4.78, 5) is 46.3. The second kappa shape index (κ2) is 9.31. The molecule has 7 nitrogen and oxygen atoms in total. The lowest BCUT2D eigenvalue weighted by molar-refractivity contribution is 0.0686. The lowest BCUT2D eigenvalue weighted by Gasteiger charge is -2.13. The number of aromatic carboxylic acids is 2. The van der Waals surface area contributed by atoms with E-state index in [1.165, 1.54) is 30.7 Å². The van der Waals surface area contributed by atoms with Crippen LogP contribution in [0.15, 0.2) is 24.3 Å². The molecule has 0 unspecified atom stereocenters. The first-order valence-corrected chi connectivity index (χ1v) is 8.13. The summed E-state index contributed by atoms with van der Waals surface area (Å²) < 4.78 is 0.